The minimum absolute atomic E-state index is 0.0322. The monoisotopic (exact) mass is 495 g/mol. The fraction of sp³-hybridized carbons (Fsp3) is 0.240. The molecule has 4 aromatic rings. The van der Waals surface area contributed by atoms with Gasteiger partial charge in [-0.2, -0.15) is 0 Å². The van der Waals surface area contributed by atoms with E-state index >= 15 is 0 Å². The Labute approximate surface area is 203 Å². The number of sulfone groups is 1. The maximum atomic E-state index is 13.5. The second-order valence-corrected chi connectivity index (χ2v) is 10.8. The zero-order valence-corrected chi connectivity index (χ0v) is 20.6. The van der Waals surface area contributed by atoms with Crippen molar-refractivity contribution in [3.8, 4) is 5.75 Å². The molecule has 9 heteroatoms. The first-order chi connectivity index (χ1) is 16.4. The highest BCUT2D eigenvalue weighted by atomic mass is 32.2. The van der Waals surface area contributed by atoms with E-state index in [-0.39, 0.29) is 29.5 Å². The lowest BCUT2D eigenvalue weighted by atomic mass is 10.1. The van der Waals surface area contributed by atoms with Crippen LogP contribution in [-0.4, -0.2) is 36.7 Å². The standard InChI is InChI=1S/C25H25N3O4S2/c1-3-32-21-9-7-10-22-24(21)27-25(33-22)28(17-19-8-5-6-15-26-19)23(29)16-18-11-13-20(14-12-18)34(30,31)4-2/h5-15H,3-4,16-17H2,1-2H3. The van der Waals surface area contributed by atoms with E-state index in [1.165, 1.54) is 11.3 Å². The predicted molar refractivity (Wildman–Crippen MR) is 134 cm³/mol. The van der Waals surface area contributed by atoms with Crippen LogP contribution in [-0.2, 0) is 27.6 Å². The Morgan fingerprint density at radius 2 is 1.82 bits per heavy atom. The largest absolute Gasteiger partial charge is 0.492 e. The van der Waals surface area contributed by atoms with E-state index in [0.717, 1.165) is 21.5 Å². The Hall–Kier alpha value is -3.30. The quantitative estimate of drug-likeness (QED) is 0.336. The number of nitrogens with zero attached hydrogens (tertiary/aromatic N) is 3. The Bertz CT molecular complexity index is 1380. The summed E-state index contributed by atoms with van der Waals surface area (Å²) in [4.78, 5) is 24.5. The van der Waals surface area contributed by atoms with E-state index in [4.69, 9.17) is 9.72 Å². The van der Waals surface area contributed by atoms with Gasteiger partial charge in [-0.15, -0.1) is 0 Å². The van der Waals surface area contributed by atoms with Crippen molar-refractivity contribution in [2.45, 2.75) is 31.7 Å². The van der Waals surface area contributed by atoms with Gasteiger partial charge in [0.25, 0.3) is 0 Å². The minimum Gasteiger partial charge on any atom is -0.492 e. The maximum Gasteiger partial charge on any atom is 0.233 e. The third-order valence-corrected chi connectivity index (χ3v) is 8.06. The zero-order chi connectivity index (χ0) is 24.1. The molecule has 0 radical (unpaired) electrons. The molecule has 2 aromatic carbocycles. The first-order valence-corrected chi connectivity index (χ1v) is 13.4. The molecule has 4 rings (SSSR count). The molecule has 34 heavy (non-hydrogen) atoms. The third-order valence-electron chi connectivity index (χ3n) is 5.27. The Morgan fingerprint density at radius 3 is 2.50 bits per heavy atom. The van der Waals surface area contributed by atoms with Gasteiger partial charge in [0.1, 0.15) is 11.3 Å². The number of carbonyl (C=O) groups excluding carboxylic acids is 1. The zero-order valence-electron chi connectivity index (χ0n) is 19.0. The highest BCUT2D eigenvalue weighted by molar-refractivity contribution is 7.91. The molecule has 176 valence electrons. The molecule has 0 saturated heterocycles. The van der Waals surface area contributed by atoms with Crippen LogP contribution in [0.5, 0.6) is 5.75 Å². The van der Waals surface area contributed by atoms with Gasteiger partial charge in [-0.05, 0) is 48.9 Å². The van der Waals surface area contributed by atoms with Crippen LogP contribution in [0.3, 0.4) is 0 Å². The molecule has 0 N–H and O–H groups in total. The molecular formula is C25H25N3O4S2. The topological polar surface area (TPSA) is 89.5 Å². The molecule has 0 unspecified atom stereocenters. The minimum atomic E-state index is -3.29. The van der Waals surface area contributed by atoms with E-state index in [0.29, 0.717) is 17.5 Å². The van der Waals surface area contributed by atoms with Crippen molar-refractivity contribution in [1.82, 2.24) is 9.97 Å². The van der Waals surface area contributed by atoms with Gasteiger partial charge in [-0.3, -0.25) is 14.7 Å². The van der Waals surface area contributed by atoms with Gasteiger partial charge >= 0.3 is 0 Å². The van der Waals surface area contributed by atoms with Gasteiger partial charge in [0.05, 0.1) is 40.6 Å². The summed E-state index contributed by atoms with van der Waals surface area (Å²) in [6.45, 7) is 4.31. The van der Waals surface area contributed by atoms with E-state index < -0.39 is 9.84 Å². The Balaban J connectivity index is 1.66. The molecule has 7 nitrogen and oxygen atoms in total. The van der Waals surface area contributed by atoms with E-state index in [2.05, 4.69) is 4.98 Å². The van der Waals surface area contributed by atoms with Gasteiger partial charge in [-0.25, -0.2) is 13.4 Å². The molecule has 0 bridgehead atoms. The maximum absolute atomic E-state index is 13.5. The molecule has 0 aliphatic heterocycles. The van der Waals surface area contributed by atoms with E-state index in [9.17, 15) is 13.2 Å². The van der Waals surface area contributed by atoms with Crippen molar-refractivity contribution < 1.29 is 17.9 Å². The van der Waals surface area contributed by atoms with Crippen LogP contribution in [0.2, 0.25) is 0 Å². The van der Waals surface area contributed by atoms with Crippen LogP contribution < -0.4 is 9.64 Å². The van der Waals surface area contributed by atoms with Gasteiger partial charge in [0.2, 0.25) is 5.91 Å². The van der Waals surface area contributed by atoms with Crippen molar-refractivity contribution in [1.29, 1.82) is 0 Å². The normalized spacial score (nSPS) is 11.5. The number of amides is 1. The Morgan fingerprint density at radius 1 is 1.03 bits per heavy atom. The van der Waals surface area contributed by atoms with Crippen LogP contribution in [0.4, 0.5) is 5.13 Å². The first kappa shape index (κ1) is 23.8. The number of carbonyl (C=O) groups is 1. The highest BCUT2D eigenvalue weighted by Gasteiger charge is 2.22. The summed E-state index contributed by atoms with van der Waals surface area (Å²) >= 11 is 1.42. The van der Waals surface area contributed by atoms with Gasteiger partial charge in [-0.1, -0.05) is 42.5 Å². The van der Waals surface area contributed by atoms with Crippen molar-refractivity contribution in [2.75, 3.05) is 17.3 Å². The van der Waals surface area contributed by atoms with Crippen LogP contribution >= 0.6 is 11.3 Å². The number of para-hydroxylation sites is 1. The van der Waals surface area contributed by atoms with Crippen molar-refractivity contribution in [3.05, 3.63) is 78.1 Å². The van der Waals surface area contributed by atoms with Crippen molar-refractivity contribution >= 4 is 42.4 Å². The van der Waals surface area contributed by atoms with E-state index in [1.807, 2.05) is 43.3 Å². The molecule has 2 heterocycles. The summed E-state index contributed by atoms with van der Waals surface area (Å²) in [5.74, 6) is 0.555. The lowest BCUT2D eigenvalue weighted by Gasteiger charge is -2.19. The van der Waals surface area contributed by atoms with Crippen LogP contribution in [0.25, 0.3) is 10.2 Å². The number of aromatic nitrogens is 2. The summed E-state index contributed by atoms with van der Waals surface area (Å²) in [6.07, 6.45) is 1.80. The number of hydrogen-bond acceptors (Lipinski definition) is 7. The number of hydrogen-bond donors (Lipinski definition) is 0. The summed E-state index contributed by atoms with van der Waals surface area (Å²) in [5, 5.41) is 0.558. The van der Waals surface area contributed by atoms with Crippen molar-refractivity contribution in [3.63, 3.8) is 0 Å². The fourth-order valence-corrected chi connectivity index (χ4v) is 5.35. The lowest BCUT2D eigenvalue weighted by molar-refractivity contribution is -0.118. The van der Waals surface area contributed by atoms with Gasteiger partial charge in [0.15, 0.2) is 15.0 Å². The highest BCUT2D eigenvalue weighted by Crippen LogP contribution is 2.35. The lowest BCUT2D eigenvalue weighted by Crippen LogP contribution is -2.32. The number of pyridine rings is 1. The molecule has 0 saturated carbocycles. The molecule has 0 fully saturated rings. The summed E-state index contributed by atoms with van der Waals surface area (Å²) in [6, 6.07) is 17.8. The molecule has 0 atom stereocenters. The first-order valence-electron chi connectivity index (χ1n) is 11.0. The molecule has 2 aromatic heterocycles. The van der Waals surface area contributed by atoms with Crippen molar-refractivity contribution in [2.24, 2.45) is 0 Å². The SMILES string of the molecule is CCOc1cccc2sc(N(Cc3ccccn3)C(=O)Cc3ccc(S(=O)(=O)CC)cc3)nc12. The van der Waals surface area contributed by atoms with Gasteiger partial charge in [0, 0.05) is 6.20 Å². The molecule has 0 spiro atoms. The molecular weight excluding hydrogens is 470 g/mol. The fourth-order valence-electron chi connectivity index (χ4n) is 3.47. The molecule has 0 aliphatic carbocycles. The van der Waals surface area contributed by atoms with Crippen LogP contribution in [0.15, 0.2) is 71.8 Å². The average molecular weight is 496 g/mol. The number of fused-ring (bicyclic) bond motifs is 1. The third kappa shape index (κ3) is 5.26. The summed E-state index contributed by atoms with van der Waals surface area (Å²) < 4.78 is 30.8. The predicted octanol–water partition coefficient (Wildman–Crippen LogP) is 4.66. The van der Waals surface area contributed by atoms with Crippen LogP contribution in [0, 0.1) is 0 Å². The molecule has 0 aliphatic rings. The number of rotatable bonds is 9. The van der Waals surface area contributed by atoms with E-state index in [1.54, 1.807) is 42.3 Å². The smallest absolute Gasteiger partial charge is 0.233 e. The Kier molecular flexibility index (Phi) is 7.23. The second-order valence-electron chi connectivity index (χ2n) is 7.56. The summed E-state index contributed by atoms with van der Waals surface area (Å²) in [5.41, 5.74) is 2.18. The number of thiazole rings is 1. The average Bonchev–Trinajstić information content (AvgIpc) is 3.28. The molecule has 1 amide bonds. The number of benzene rings is 2. The second kappa shape index (κ2) is 10.3. The van der Waals surface area contributed by atoms with Crippen LogP contribution in [0.1, 0.15) is 25.1 Å². The van der Waals surface area contributed by atoms with Gasteiger partial charge < -0.3 is 4.74 Å². The summed E-state index contributed by atoms with van der Waals surface area (Å²) in [7, 11) is -3.29. The number of ether oxygens (including phenoxy) is 1. The number of anilines is 1.